The second-order valence-corrected chi connectivity index (χ2v) is 9.71. The molecular formula is C22H14ClF3N4OS2. The van der Waals surface area contributed by atoms with Gasteiger partial charge in [-0.2, -0.15) is 18.3 Å². The molecule has 168 valence electrons. The van der Waals surface area contributed by atoms with Crippen LogP contribution in [0.4, 0.5) is 13.2 Å². The fourth-order valence-electron chi connectivity index (χ4n) is 3.40. The van der Waals surface area contributed by atoms with Gasteiger partial charge < -0.3 is 4.42 Å². The highest BCUT2D eigenvalue weighted by Gasteiger charge is 2.30. The third-order valence-electron chi connectivity index (χ3n) is 4.71. The average Bonchev–Trinajstić information content (AvgIpc) is 3.33. The maximum Gasteiger partial charge on any atom is 0.446 e. The van der Waals surface area contributed by atoms with Crippen LogP contribution in [0.2, 0.25) is 5.02 Å². The first-order chi connectivity index (χ1) is 15.8. The summed E-state index contributed by atoms with van der Waals surface area (Å²) in [4.78, 5) is 9.03. The number of nitrogens with zero attached hydrogens (tertiary/aromatic N) is 4. The summed E-state index contributed by atoms with van der Waals surface area (Å²) < 4.78 is 46.0. The van der Waals surface area contributed by atoms with Crippen molar-refractivity contribution in [3.05, 3.63) is 59.8 Å². The third-order valence-corrected chi connectivity index (χ3v) is 6.53. The zero-order valence-electron chi connectivity index (χ0n) is 16.9. The van der Waals surface area contributed by atoms with Crippen molar-refractivity contribution >= 4 is 51.9 Å². The Bertz CT molecular complexity index is 1460. The topological polar surface area (TPSA) is 56.2 Å². The Morgan fingerprint density at radius 1 is 1.09 bits per heavy atom. The number of rotatable bonds is 5. The van der Waals surface area contributed by atoms with Crippen molar-refractivity contribution in [1.29, 1.82) is 0 Å². The molecule has 0 saturated heterocycles. The Morgan fingerprint density at radius 3 is 2.61 bits per heavy atom. The van der Waals surface area contributed by atoms with Gasteiger partial charge in [-0.15, -0.1) is 11.8 Å². The van der Waals surface area contributed by atoms with Crippen molar-refractivity contribution < 1.29 is 17.6 Å². The second kappa shape index (κ2) is 8.58. The Balaban J connectivity index is 1.67. The highest BCUT2D eigenvalue weighted by atomic mass is 35.5. The lowest BCUT2D eigenvalue weighted by Crippen LogP contribution is -1.98. The summed E-state index contributed by atoms with van der Waals surface area (Å²) in [5, 5.41) is 6.04. The van der Waals surface area contributed by atoms with Crippen LogP contribution >= 0.6 is 35.1 Å². The molecule has 0 aliphatic rings. The molecule has 5 aromatic rings. The lowest BCUT2D eigenvalue weighted by Gasteiger charge is -2.04. The molecule has 3 aromatic heterocycles. The fraction of sp³-hybridized carbons (Fsp3) is 0.136. The van der Waals surface area contributed by atoms with E-state index in [0.29, 0.717) is 32.4 Å². The zero-order valence-corrected chi connectivity index (χ0v) is 19.3. The van der Waals surface area contributed by atoms with E-state index in [4.69, 9.17) is 21.1 Å². The molecule has 0 spiro atoms. The normalized spacial score (nSPS) is 12.2. The second-order valence-electron chi connectivity index (χ2n) is 6.88. The lowest BCUT2D eigenvalue weighted by atomic mass is 10.1. The van der Waals surface area contributed by atoms with Crippen LogP contribution in [0.3, 0.4) is 0 Å². The minimum atomic E-state index is -4.38. The standard InChI is InChI=1S/C22H14ClF3N4OS2/c1-2-32-21-18(20-28-15-11-14(33-22(24,25)26)7-8-17(15)31-20)19-27-10-9-16(30(19)29-21)12-3-5-13(23)6-4-12/h3-11H,2H2,1H3. The van der Waals surface area contributed by atoms with E-state index >= 15 is 0 Å². The van der Waals surface area contributed by atoms with Crippen molar-refractivity contribution in [2.75, 3.05) is 5.75 Å². The smallest absolute Gasteiger partial charge is 0.436 e. The number of aromatic nitrogens is 4. The number of fused-ring (bicyclic) bond motifs is 2. The van der Waals surface area contributed by atoms with Gasteiger partial charge in [-0.1, -0.05) is 30.7 Å². The highest BCUT2D eigenvalue weighted by Crippen LogP contribution is 2.40. The largest absolute Gasteiger partial charge is 0.446 e. The number of benzene rings is 2. The summed E-state index contributed by atoms with van der Waals surface area (Å²) in [7, 11) is 0. The third kappa shape index (κ3) is 4.42. The van der Waals surface area contributed by atoms with Gasteiger partial charge in [0.1, 0.15) is 16.1 Å². The summed E-state index contributed by atoms with van der Waals surface area (Å²) in [6, 6.07) is 13.5. The number of alkyl halides is 3. The van der Waals surface area contributed by atoms with Crippen molar-refractivity contribution in [1.82, 2.24) is 19.6 Å². The quantitative estimate of drug-likeness (QED) is 0.229. The molecule has 0 amide bonds. The van der Waals surface area contributed by atoms with E-state index in [9.17, 15) is 13.2 Å². The minimum Gasteiger partial charge on any atom is -0.436 e. The van der Waals surface area contributed by atoms with Crippen molar-refractivity contribution in [3.63, 3.8) is 0 Å². The van der Waals surface area contributed by atoms with Crippen LogP contribution < -0.4 is 0 Å². The summed E-state index contributed by atoms with van der Waals surface area (Å²) in [5.41, 5.74) is -0.817. The van der Waals surface area contributed by atoms with E-state index in [0.717, 1.165) is 17.0 Å². The van der Waals surface area contributed by atoms with Crippen LogP contribution in [0.15, 0.2) is 69.1 Å². The molecule has 2 aromatic carbocycles. The minimum absolute atomic E-state index is 0.0426. The van der Waals surface area contributed by atoms with E-state index in [2.05, 4.69) is 9.97 Å². The lowest BCUT2D eigenvalue weighted by molar-refractivity contribution is -0.0328. The molecule has 33 heavy (non-hydrogen) atoms. The van der Waals surface area contributed by atoms with E-state index in [-0.39, 0.29) is 22.5 Å². The molecule has 11 heteroatoms. The van der Waals surface area contributed by atoms with Crippen LogP contribution in [0.25, 0.3) is 39.5 Å². The number of hydrogen-bond donors (Lipinski definition) is 0. The summed E-state index contributed by atoms with van der Waals surface area (Å²) in [6.45, 7) is 2.00. The first-order valence-electron chi connectivity index (χ1n) is 9.75. The van der Waals surface area contributed by atoms with E-state index < -0.39 is 5.51 Å². The molecule has 0 unspecified atom stereocenters. The van der Waals surface area contributed by atoms with E-state index in [1.165, 1.54) is 30.0 Å². The first-order valence-corrected chi connectivity index (χ1v) is 11.9. The Hall–Kier alpha value is -2.69. The summed E-state index contributed by atoms with van der Waals surface area (Å²) in [5.74, 6) is 1.01. The molecule has 0 fully saturated rings. The number of halogens is 4. The van der Waals surface area contributed by atoms with Crippen molar-refractivity contribution in [2.24, 2.45) is 0 Å². The molecule has 0 saturated carbocycles. The molecule has 5 nitrogen and oxygen atoms in total. The SMILES string of the molecule is CCSc1nn2c(-c3ccc(Cl)cc3)ccnc2c1-c1nc2cc(SC(F)(F)F)ccc2o1. The summed E-state index contributed by atoms with van der Waals surface area (Å²) in [6.07, 6.45) is 1.67. The van der Waals surface area contributed by atoms with Gasteiger partial charge in [0.25, 0.3) is 0 Å². The van der Waals surface area contributed by atoms with Gasteiger partial charge in [0.05, 0.1) is 5.69 Å². The van der Waals surface area contributed by atoms with E-state index in [1.807, 2.05) is 25.1 Å². The van der Waals surface area contributed by atoms with Crippen molar-refractivity contribution in [2.45, 2.75) is 22.4 Å². The maximum atomic E-state index is 12.8. The van der Waals surface area contributed by atoms with Crippen LogP contribution in [0, 0.1) is 0 Å². The van der Waals surface area contributed by atoms with Gasteiger partial charge in [0, 0.05) is 21.7 Å². The predicted octanol–water partition coefficient (Wildman–Crippen LogP) is 7.58. The van der Waals surface area contributed by atoms with Crippen LogP contribution in [0.1, 0.15) is 6.92 Å². The Labute approximate surface area is 199 Å². The Kier molecular flexibility index (Phi) is 5.75. The average molecular weight is 507 g/mol. The van der Waals surface area contributed by atoms with Gasteiger partial charge in [-0.25, -0.2) is 14.5 Å². The molecule has 0 N–H and O–H groups in total. The summed E-state index contributed by atoms with van der Waals surface area (Å²) >= 11 is 7.35. The first kappa shape index (κ1) is 22.1. The van der Waals surface area contributed by atoms with Crippen LogP contribution in [0.5, 0.6) is 0 Å². The monoisotopic (exact) mass is 506 g/mol. The van der Waals surface area contributed by atoms with Crippen molar-refractivity contribution in [3.8, 4) is 22.7 Å². The van der Waals surface area contributed by atoms with Crippen LogP contribution in [-0.2, 0) is 0 Å². The molecule has 0 atom stereocenters. The molecular weight excluding hydrogens is 493 g/mol. The maximum absolute atomic E-state index is 12.8. The van der Waals surface area contributed by atoms with Gasteiger partial charge in [0.2, 0.25) is 5.89 Å². The molecule has 0 bridgehead atoms. The van der Waals surface area contributed by atoms with Gasteiger partial charge in [-0.3, -0.25) is 0 Å². The number of oxazole rings is 1. The van der Waals surface area contributed by atoms with Gasteiger partial charge in [-0.05, 0) is 53.9 Å². The molecule has 3 heterocycles. The fourth-order valence-corrected chi connectivity index (χ4v) is 4.84. The predicted molar refractivity (Wildman–Crippen MR) is 125 cm³/mol. The zero-order chi connectivity index (χ0) is 23.2. The molecule has 0 aliphatic heterocycles. The molecule has 0 radical (unpaired) electrons. The van der Waals surface area contributed by atoms with Gasteiger partial charge >= 0.3 is 5.51 Å². The highest BCUT2D eigenvalue weighted by molar-refractivity contribution is 8.00. The number of hydrogen-bond acceptors (Lipinski definition) is 6. The molecule has 0 aliphatic carbocycles. The van der Waals surface area contributed by atoms with Crippen LogP contribution in [-0.4, -0.2) is 30.8 Å². The molecule has 5 rings (SSSR count). The van der Waals surface area contributed by atoms with Gasteiger partial charge in [0.15, 0.2) is 11.2 Å². The number of thioether (sulfide) groups is 2. The van der Waals surface area contributed by atoms with E-state index in [1.54, 1.807) is 22.8 Å². The Morgan fingerprint density at radius 2 is 1.88 bits per heavy atom.